The standard InChI is InChI=1S/C22H16ClN5O2S/c23-16-7-5-14(6-8-16)13-30-22(26)31-21(25)28-20(29)18-9-10-27-12-19(18)17-4-2-1-3-15(17)11-24/h1-10,12,26H,13H2,(H2,25,28,29). The van der Waals surface area contributed by atoms with Gasteiger partial charge in [-0.2, -0.15) is 5.26 Å². The SMILES string of the molecule is N#Cc1ccccc1-c1cnccc1C(=O)NC(=N)SC(=N)OCc1ccc(Cl)cc1. The van der Waals surface area contributed by atoms with Crippen LogP contribution in [0.2, 0.25) is 5.02 Å². The molecule has 3 N–H and O–H groups in total. The van der Waals surface area contributed by atoms with Crippen molar-refractivity contribution in [1.29, 1.82) is 16.1 Å². The lowest BCUT2D eigenvalue weighted by molar-refractivity contribution is 0.0978. The number of amidine groups is 1. The molecule has 0 aliphatic rings. The van der Waals surface area contributed by atoms with E-state index in [4.69, 9.17) is 27.2 Å². The zero-order valence-corrected chi connectivity index (χ0v) is 17.6. The number of nitriles is 1. The molecule has 0 aliphatic carbocycles. The maximum atomic E-state index is 12.7. The lowest BCUT2D eigenvalue weighted by Crippen LogP contribution is -2.29. The summed E-state index contributed by atoms with van der Waals surface area (Å²) in [6, 6.07) is 17.5. The Labute approximate surface area is 188 Å². The maximum absolute atomic E-state index is 12.7. The van der Waals surface area contributed by atoms with Crippen molar-refractivity contribution in [1.82, 2.24) is 10.3 Å². The molecule has 3 rings (SSSR count). The number of aromatic nitrogens is 1. The van der Waals surface area contributed by atoms with E-state index in [0.717, 1.165) is 5.56 Å². The zero-order chi connectivity index (χ0) is 22.2. The number of halogens is 1. The summed E-state index contributed by atoms with van der Waals surface area (Å²) in [6.07, 6.45) is 2.96. The molecule has 31 heavy (non-hydrogen) atoms. The molecule has 3 aromatic rings. The lowest BCUT2D eigenvalue weighted by atomic mass is 9.97. The summed E-state index contributed by atoms with van der Waals surface area (Å²) in [5, 5.41) is 27.7. The highest BCUT2D eigenvalue weighted by Crippen LogP contribution is 2.26. The van der Waals surface area contributed by atoms with Crippen molar-refractivity contribution in [3.63, 3.8) is 0 Å². The Morgan fingerprint density at radius 2 is 1.87 bits per heavy atom. The Morgan fingerprint density at radius 3 is 2.61 bits per heavy atom. The van der Waals surface area contributed by atoms with E-state index in [1.807, 2.05) is 0 Å². The molecule has 0 radical (unpaired) electrons. The first-order chi connectivity index (χ1) is 15.0. The molecular formula is C22H16ClN5O2S. The zero-order valence-electron chi connectivity index (χ0n) is 16.1. The maximum Gasteiger partial charge on any atom is 0.257 e. The Hall–Kier alpha value is -3.67. The average molecular weight is 450 g/mol. The average Bonchev–Trinajstić information content (AvgIpc) is 2.78. The van der Waals surface area contributed by atoms with Gasteiger partial charge in [0.15, 0.2) is 5.17 Å². The first-order valence-corrected chi connectivity index (χ1v) is 10.1. The van der Waals surface area contributed by atoms with E-state index >= 15 is 0 Å². The Kier molecular flexibility index (Phi) is 7.38. The minimum atomic E-state index is -0.548. The first kappa shape index (κ1) is 22.0. The van der Waals surface area contributed by atoms with E-state index in [9.17, 15) is 10.1 Å². The Bertz CT molecular complexity index is 1180. The van der Waals surface area contributed by atoms with Gasteiger partial charge >= 0.3 is 0 Å². The van der Waals surface area contributed by atoms with Crippen LogP contribution >= 0.6 is 23.4 Å². The molecule has 1 aromatic heterocycles. The molecule has 7 nitrogen and oxygen atoms in total. The van der Waals surface area contributed by atoms with Gasteiger partial charge in [-0.15, -0.1) is 0 Å². The molecule has 154 valence electrons. The molecule has 0 unspecified atom stereocenters. The van der Waals surface area contributed by atoms with Gasteiger partial charge in [-0.1, -0.05) is 41.9 Å². The van der Waals surface area contributed by atoms with Crippen LogP contribution in [0, 0.1) is 22.1 Å². The molecule has 1 heterocycles. The largest absolute Gasteiger partial charge is 0.468 e. The molecule has 0 aliphatic heterocycles. The third-order valence-corrected chi connectivity index (χ3v) is 4.97. The highest BCUT2D eigenvalue weighted by atomic mass is 35.5. The van der Waals surface area contributed by atoms with Crippen LogP contribution in [-0.4, -0.2) is 21.3 Å². The van der Waals surface area contributed by atoms with Crippen LogP contribution in [0.5, 0.6) is 0 Å². The van der Waals surface area contributed by atoms with E-state index in [1.54, 1.807) is 48.5 Å². The van der Waals surface area contributed by atoms with Crippen molar-refractivity contribution in [2.24, 2.45) is 0 Å². The predicted octanol–water partition coefficient (Wildman–Crippen LogP) is 4.82. The highest BCUT2D eigenvalue weighted by Gasteiger charge is 2.17. The number of thioether (sulfide) groups is 1. The topological polar surface area (TPSA) is 123 Å². The molecule has 0 bridgehead atoms. The van der Waals surface area contributed by atoms with Crippen molar-refractivity contribution in [2.75, 3.05) is 0 Å². The van der Waals surface area contributed by atoms with Crippen molar-refractivity contribution < 1.29 is 9.53 Å². The monoisotopic (exact) mass is 449 g/mol. The van der Waals surface area contributed by atoms with Gasteiger partial charge < -0.3 is 10.1 Å². The van der Waals surface area contributed by atoms with Crippen LogP contribution in [0.4, 0.5) is 0 Å². The molecule has 0 atom stereocenters. The van der Waals surface area contributed by atoms with E-state index in [-0.39, 0.29) is 22.6 Å². The summed E-state index contributed by atoms with van der Waals surface area (Å²) in [6.45, 7) is 0.143. The third-order valence-electron chi connectivity index (χ3n) is 4.11. The van der Waals surface area contributed by atoms with E-state index in [1.165, 1.54) is 18.5 Å². The fraction of sp³-hybridized carbons (Fsp3) is 0.0455. The minimum Gasteiger partial charge on any atom is -0.468 e. The number of pyridine rings is 1. The Balaban J connectivity index is 1.64. The van der Waals surface area contributed by atoms with E-state index in [0.29, 0.717) is 33.5 Å². The van der Waals surface area contributed by atoms with Crippen LogP contribution in [-0.2, 0) is 11.3 Å². The van der Waals surface area contributed by atoms with Crippen LogP contribution in [0.1, 0.15) is 21.5 Å². The molecule has 0 fully saturated rings. The second kappa shape index (κ2) is 10.4. The van der Waals surface area contributed by atoms with Gasteiger partial charge in [-0.05, 0) is 29.8 Å². The number of benzene rings is 2. The third kappa shape index (κ3) is 5.92. The predicted molar refractivity (Wildman–Crippen MR) is 121 cm³/mol. The van der Waals surface area contributed by atoms with Gasteiger partial charge in [0.05, 0.1) is 17.2 Å². The molecular weight excluding hydrogens is 434 g/mol. The second-order valence-electron chi connectivity index (χ2n) is 6.17. The summed E-state index contributed by atoms with van der Waals surface area (Å²) in [5.41, 5.74) is 2.54. The van der Waals surface area contributed by atoms with Crippen LogP contribution in [0.3, 0.4) is 0 Å². The summed E-state index contributed by atoms with van der Waals surface area (Å²) >= 11 is 6.51. The van der Waals surface area contributed by atoms with Crippen molar-refractivity contribution in [3.8, 4) is 17.2 Å². The van der Waals surface area contributed by atoms with Gasteiger partial charge in [-0.3, -0.25) is 20.6 Å². The Morgan fingerprint density at radius 1 is 1.13 bits per heavy atom. The molecule has 0 spiro atoms. The molecule has 2 aromatic carbocycles. The lowest BCUT2D eigenvalue weighted by Gasteiger charge is -2.12. The van der Waals surface area contributed by atoms with Gasteiger partial charge in [0.2, 0.25) is 0 Å². The number of hydrogen-bond acceptors (Lipinski definition) is 7. The van der Waals surface area contributed by atoms with Crippen molar-refractivity contribution in [3.05, 3.63) is 88.7 Å². The van der Waals surface area contributed by atoms with Gasteiger partial charge in [-0.25, -0.2) is 0 Å². The summed E-state index contributed by atoms with van der Waals surface area (Å²) < 4.78 is 5.31. The van der Waals surface area contributed by atoms with E-state index in [2.05, 4.69) is 16.4 Å². The second-order valence-corrected chi connectivity index (χ2v) is 7.59. The van der Waals surface area contributed by atoms with Crippen LogP contribution in [0.25, 0.3) is 11.1 Å². The number of hydrogen-bond donors (Lipinski definition) is 3. The molecule has 9 heteroatoms. The molecule has 0 saturated carbocycles. The fourth-order valence-electron chi connectivity index (χ4n) is 2.67. The first-order valence-electron chi connectivity index (χ1n) is 8.95. The quantitative estimate of drug-likeness (QED) is 0.389. The van der Waals surface area contributed by atoms with Gasteiger partial charge in [0.25, 0.3) is 11.1 Å². The number of ether oxygens (including phenoxy) is 1. The normalized spacial score (nSPS) is 10.1. The number of carbonyl (C=O) groups excluding carboxylic acids is 1. The molecule has 1 amide bonds. The van der Waals surface area contributed by atoms with Gasteiger partial charge in [0.1, 0.15) is 6.61 Å². The number of nitrogens with one attached hydrogen (secondary N) is 3. The number of rotatable bonds is 4. The van der Waals surface area contributed by atoms with Gasteiger partial charge in [0, 0.05) is 40.3 Å². The number of amides is 1. The van der Waals surface area contributed by atoms with Crippen LogP contribution < -0.4 is 5.32 Å². The van der Waals surface area contributed by atoms with E-state index < -0.39 is 5.91 Å². The van der Waals surface area contributed by atoms with Crippen LogP contribution in [0.15, 0.2) is 67.0 Å². The summed E-state index contributed by atoms with van der Waals surface area (Å²) in [5.74, 6) is -0.548. The number of nitrogens with zero attached hydrogens (tertiary/aromatic N) is 2. The minimum absolute atomic E-state index is 0.143. The fourth-order valence-corrected chi connectivity index (χ4v) is 3.24. The number of carbonyl (C=O) groups is 1. The molecule has 0 saturated heterocycles. The summed E-state index contributed by atoms with van der Waals surface area (Å²) in [4.78, 5) is 16.8. The van der Waals surface area contributed by atoms with Crippen molar-refractivity contribution in [2.45, 2.75) is 6.61 Å². The highest BCUT2D eigenvalue weighted by molar-refractivity contribution is 8.26. The smallest absolute Gasteiger partial charge is 0.257 e. The van der Waals surface area contributed by atoms with Crippen molar-refractivity contribution >= 4 is 39.7 Å². The summed E-state index contributed by atoms with van der Waals surface area (Å²) in [7, 11) is 0.